The smallest absolute Gasteiger partial charge is 0.237 e. The van der Waals surface area contributed by atoms with Crippen molar-refractivity contribution < 1.29 is 9.18 Å². The molecule has 2 atom stereocenters. The Balaban J connectivity index is 0.00000242. The van der Waals surface area contributed by atoms with E-state index in [1.165, 1.54) is 12.1 Å². The average molecular weight is 329 g/mol. The number of nitrogens with two attached hydrogens (primary N) is 1. The van der Waals surface area contributed by atoms with Crippen LogP contribution in [0.4, 0.5) is 4.39 Å². The van der Waals surface area contributed by atoms with Crippen molar-refractivity contribution in [3.63, 3.8) is 0 Å². The zero-order chi connectivity index (χ0) is 15.5. The highest BCUT2D eigenvalue weighted by molar-refractivity contribution is 5.85. The van der Waals surface area contributed by atoms with E-state index in [0.29, 0.717) is 6.54 Å². The second-order valence-corrected chi connectivity index (χ2v) is 6.43. The van der Waals surface area contributed by atoms with E-state index in [9.17, 15) is 9.18 Å². The van der Waals surface area contributed by atoms with E-state index in [0.717, 1.165) is 31.2 Å². The third-order valence-electron chi connectivity index (χ3n) is 4.65. The molecule has 2 unspecified atom stereocenters. The minimum Gasteiger partial charge on any atom is -0.354 e. The fraction of sp³-hybridized carbons (Fsp3) is 0.588. The van der Waals surface area contributed by atoms with Gasteiger partial charge in [-0.1, -0.05) is 32.4 Å². The molecule has 1 aliphatic carbocycles. The summed E-state index contributed by atoms with van der Waals surface area (Å²) in [6, 6.07) is 6.19. The van der Waals surface area contributed by atoms with Gasteiger partial charge in [-0.3, -0.25) is 4.79 Å². The van der Waals surface area contributed by atoms with E-state index in [-0.39, 0.29) is 35.5 Å². The number of nitrogens with one attached hydrogen (secondary N) is 1. The monoisotopic (exact) mass is 328 g/mol. The summed E-state index contributed by atoms with van der Waals surface area (Å²) in [5.41, 5.74) is 7.20. The van der Waals surface area contributed by atoms with Gasteiger partial charge in [-0.05, 0) is 48.3 Å². The molecule has 0 bridgehead atoms. The quantitative estimate of drug-likeness (QED) is 0.808. The highest BCUT2D eigenvalue weighted by atomic mass is 35.5. The SMILES string of the molecule is CCC(C)C(N)C(=O)NCC1(Cc2ccc(F)cc2)CC1.Cl. The number of hydrogen-bond acceptors (Lipinski definition) is 2. The molecule has 22 heavy (non-hydrogen) atoms. The van der Waals surface area contributed by atoms with Crippen LogP contribution >= 0.6 is 12.4 Å². The summed E-state index contributed by atoms with van der Waals surface area (Å²) in [6.45, 7) is 4.69. The van der Waals surface area contributed by atoms with Crippen molar-refractivity contribution in [2.75, 3.05) is 6.54 Å². The maximum Gasteiger partial charge on any atom is 0.237 e. The van der Waals surface area contributed by atoms with Crippen molar-refractivity contribution in [1.82, 2.24) is 5.32 Å². The Labute approximate surface area is 138 Å². The third-order valence-corrected chi connectivity index (χ3v) is 4.65. The number of carbonyl (C=O) groups excluding carboxylic acids is 1. The number of rotatable bonds is 7. The van der Waals surface area contributed by atoms with Gasteiger partial charge in [-0.2, -0.15) is 0 Å². The second-order valence-electron chi connectivity index (χ2n) is 6.43. The molecule has 5 heteroatoms. The van der Waals surface area contributed by atoms with Gasteiger partial charge in [0.1, 0.15) is 5.82 Å². The molecule has 1 aromatic rings. The zero-order valence-electron chi connectivity index (χ0n) is 13.3. The van der Waals surface area contributed by atoms with Crippen molar-refractivity contribution in [2.24, 2.45) is 17.1 Å². The molecule has 0 aliphatic heterocycles. The Hall–Kier alpha value is -1.13. The molecular formula is C17H26ClFN2O. The molecule has 0 saturated heterocycles. The van der Waals surface area contributed by atoms with Gasteiger partial charge in [0.2, 0.25) is 5.91 Å². The molecule has 1 aromatic carbocycles. The highest BCUT2D eigenvalue weighted by Crippen LogP contribution is 2.47. The summed E-state index contributed by atoms with van der Waals surface area (Å²) in [7, 11) is 0. The second kappa shape index (κ2) is 7.93. The molecule has 0 heterocycles. The molecule has 0 spiro atoms. The van der Waals surface area contributed by atoms with Crippen LogP contribution in [0.1, 0.15) is 38.7 Å². The van der Waals surface area contributed by atoms with E-state index in [4.69, 9.17) is 5.73 Å². The zero-order valence-corrected chi connectivity index (χ0v) is 14.1. The lowest BCUT2D eigenvalue weighted by molar-refractivity contribution is -0.123. The fourth-order valence-corrected chi connectivity index (χ4v) is 2.53. The highest BCUT2D eigenvalue weighted by Gasteiger charge is 2.42. The van der Waals surface area contributed by atoms with Gasteiger partial charge in [0.25, 0.3) is 0 Å². The van der Waals surface area contributed by atoms with E-state index >= 15 is 0 Å². The number of amides is 1. The van der Waals surface area contributed by atoms with E-state index < -0.39 is 6.04 Å². The standard InChI is InChI=1S/C17H25FN2O.ClH/c1-3-12(2)15(19)16(21)20-11-17(8-9-17)10-13-4-6-14(18)7-5-13;/h4-7,12,15H,3,8-11,19H2,1-2H3,(H,20,21);1H. The van der Waals surface area contributed by atoms with E-state index in [1.807, 2.05) is 26.0 Å². The van der Waals surface area contributed by atoms with Crippen LogP contribution in [0.15, 0.2) is 24.3 Å². The molecule has 1 fully saturated rings. The largest absolute Gasteiger partial charge is 0.354 e. The molecule has 1 saturated carbocycles. The lowest BCUT2D eigenvalue weighted by Gasteiger charge is -2.21. The van der Waals surface area contributed by atoms with Crippen molar-refractivity contribution in [3.8, 4) is 0 Å². The van der Waals surface area contributed by atoms with Crippen LogP contribution in [0.2, 0.25) is 0 Å². The Morgan fingerprint density at radius 1 is 1.36 bits per heavy atom. The third kappa shape index (κ3) is 4.96. The van der Waals surface area contributed by atoms with Crippen LogP contribution in [-0.4, -0.2) is 18.5 Å². The average Bonchev–Trinajstić information content (AvgIpc) is 3.25. The maximum atomic E-state index is 12.9. The normalized spacial score (nSPS) is 18.0. The first-order chi connectivity index (χ1) is 9.96. The lowest BCUT2D eigenvalue weighted by atomic mass is 9.95. The summed E-state index contributed by atoms with van der Waals surface area (Å²) in [6.07, 6.45) is 3.98. The fourth-order valence-electron chi connectivity index (χ4n) is 2.53. The minimum atomic E-state index is -0.434. The van der Waals surface area contributed by atoms with Crippen LogP contribution in [-0.2, 0) is 11.2 Å². The van der Waals surface area contributed by atoms with Gasteiger partial charge < -0.3 is 11.1 Å². The molecule has 1 amide bonds. The molecule has 0 radical (unpaired) electrons. The summed E-state index contributed by atoms with van der Waals surface area (Å²) < 4.78 is 12.9. The number of carbonyl (C=O) groups is 1. The Morgan fingerprint density at radius 2 is 1.95 bits per heavy atom. The molecular weight excluding hydrogens is 303 g/mol. The number of halogens is 2. The van der Waals surface area contributed by atoms with Crippen molar-refractivity contribution in [1.29, 1.82) is 0 Å². The Kier molecular flexibility index (Phi) is 6.82. The van der Waals surface area contributed by atoms with Crippen molar-refractivity contribution >= 4 is 18.3 Å². The lowest BCUT2D eigenvalue weighted by Crippen LogP contribution is -2.46. The molecule has 2 rings (SSSR count). The van der Waals surface area contributed by atoms with Gasteiger partial charge in [0.05, 0.1) is 6.04 Å². The maximum absolute atomic E-state index is 12.9. The van der Waals surface area contributed by atoms with E-state index in [2.05, 4.69) is 5.32 Å². The first kappa shape index (κ1) is 18.9. The molecule has 3 N–H and O–H groups in total. The van der Waals surface area contributed by atoms with Crippen LogP contribution in [0.3, 0.4) is 0 Å². The van der Waals surface area contributed by atoms with Crippen LogP contribution in [0, 0.1) is 17.2 Å². The molecule has 0 aromatic heterocycles. The van der Waals surface area contributed by atoms with Crippen molar-refractivity contribution in [3.05, 3.63) is 35.6 Å². The van der Waals surface area contributed by atoms with Gasteiger partial charge in [-0.25, -0.2) is 4.39 Å². The van der Waals surface area contributed by atoms with Gasteiger partial charge in [-0.15, -0.1) is 12.4 Å². The van der Waals surface area contributed by atoms with Gasteiger partial charge in [0.15, 0.2) is 0 Å². The predicted molar refractivity (Wildman–Crippen MR) is 89.5 cm³/mol. The van der Waals surface area contributed by atoms with Gasteiger partial charge >= 0.3 is 0 Å². The topological polar surface area (TPSA) is 55.1 Å². The summed E-state index contributed by atoms with van der Waals surface area (Å²) >= 11 is 0. The summed E-state index contributed by atoms with van der Waals surface area (Å²) in [4.78, 5) is 12.0. The summed E-state index contributed by atoms with van der Waals surface area (Å²) in [5.74, 6) is -0.0802. The van der Waals surface area contributed by atoms with Crippen LogP contribution < -0.4 is 11.1 Å². The van der Waals surface area contributed by atoms with Crippen LogP contribution in [0.5, 0.6) is 0 Å². The van der Waals surface area contributed by atoms with E-state index in [1.54, 1.807) is 0 Å². The van der Waals surface area contributed by atoms with Crippen molar-refractivity contribution in [2.45, 2.75) is 45.6 Å². The Morgan fingerprint density at radius 3 is 2.45 bits per heavy atom. The van der Waals surface area contributed by atoms with Gasteiger partial charge in [0, 0.05) is 6.54 Å². The molecule has 124 valence electrons. The molecule has 3 nitrogen and oxygen atoms in total. The molecule has 1 aliphatic rings. The number of hydrogen-bond donors (Lipinski definition) is 2. The Bertz CT molecular complexity index is 488. The first-order valence-corrected chi connectivity index (χ1v) is 7.73. The summed E-state index contributed by atoms with van der Waals surface area (Å²) in [5, 5.41) is 2.99. The predicted octanol–water partition coefficient (Wildman–Crippen LogP) is 3.06. The number of benzene rings is 1. The first-order valence-electron chi connectivity index (χ1n) is 7.73. The minimum absolute atomic E-state index is 0. The van der Waals surface area contributed by atoms with Crippen LogP contribution in [0.25, 0.3) is 0 Å².